The van der Waals surface area contributed by atoms with Crippen LogP contribution in [-0.4, -0.2) is 44.2 Å². The maximum absolute atomic E-state index is 5.45. The molecule has 6 nitrogen and oxygen atoms in total. The van der Waals surface area contributed by atoms with E-state index in [4.69, 9.17) is 4.52 Å². The molecule has 2 aromatic heterocycles. The molecule has 1 aliphatic heterocycles. The zero-order chi connectivity index (χ0) is 17.3. The van der Waals surface area contributed by atoms with Crippen molar-refractivity contribution in [1.29, 1.82) is 0 Å². The van der Waals surface area contributed by atoms with Crippen LogP contribution in [0.25, 0.3) is 22.4 Å². The van der Waals surface area contributed by atoms with Gasteiger partial charge in [0.05, 0.1) is 17.4 Å². The van der Waals surface area contributed by atoms with Gasteiger partial charge in [-0.15, -0.1) is 0 Å². The summed E-state index contributed by atoms with van der Waals surface area (Å²) in [5, 5.41) is 4.17. The molecule has 2 fully saturated rings. The highest BCUT2D eigenvalue weighted by atomic mass is 16.5. The van der Waals surface area contributed by atoms with E-state index in [0.717, 1.165) is 30.1 Å². The van der Waals surface area contributed by atoms with E-state index in [1.165, 1.54) is 57.1 Å². The predicted octanol–water partition coefficient (Wildman–Crippen LogP) is 3.84. The van der Waals surface area contributed by atoms with Gasteiger partial charge in [0, 0.05) is 24.6 Å². The van der Waals surface area contributed by atoms with Crippen LogP contribution in [0.1, 0.15) is 50.3 Å². The van der Waals surface area contributed by atoms with E-state index in [0.29, 0.717) is 11.7 Å². The van der Waals surface area contributed by atoms with E-state index in [-0.39, 0.29) is 0 Å². The summed E-state index contributed by atoms with van der Waals surface area (Å²) in [7, 11) is 0. The lowest BCUT2D eigenvalue weighted by Gasteiger charge is -2.26. The summed E-state index contributed by atoms with van der Waals surface area (Å²) in [5.74, 6) is 1.93. The summed E-state index contributed by atoms with van der Waals surface area (Å²) in [6, 6.07) is 6.28. The van der Waals surface area contributed by atoms with Crippen molar-refractivity contribution in [3.05, 3.63) is 30.4 Å². The normalized spacial score (nSPS) is 19.1. The van der Waals surface area contributed by atoms with Crippen molar-refractivity contribution < 1.29 is 4.52 Å². The van der Waals surface area contributed by atoms with Gasteiger partial charge in [-0.05, 0) is 57.0 Å². The fourth-order valence-electron chi connectivity index (χ4n) is 3.99. The van der Waals surface area contributed by atoms with E-state index in [1.807, 2.05) is 6.33 Å². The molecule has 0 amide bonds. The van der Waals surface area contributed by atoms with Gasteiger partial charge >= 0.3 is 0 Å². The van der Waals surface area contributed by atoms with Crippen molar-refractivity contribution in [2.45, 2.75) is 51.0 Å². The van der Waals surface area contributed by atoms with Crippen molar-refractivity contribution in [2.75, 3.05) is 19.6 Å². The molecule has 5 rings (SSSR count). The number of imidazole rings is 1. The molecule has 0 atom stereocenters. The second kappa shape index (κ2) is 6.83. The minimum Gasteiger partial charge on any atom is -0.339 e. The Morgan fingerprint density at radius 2 is 1.92 bits per heavy atom. The van der Waals surface area contributed by atoms with Gasteiger partial charge in [-0.2, -0.15) is 4.98 Å². The molecule has 26 heavy (non-hydrogen) atoms. The lowest BCUT2D eigenvalue weighted by molar-refractivity contribution is 0.221. The smallest absolute Gasteiger partial charge is 0.230 e. The Morgan fingerprint density at radius 1 is 1.04 bits per heavy atom. The Hall–Kier alpha value is -2.21. The van der Waals surface area contributed by atoms with Crippen molar-refractivity contribution in [3.63, 3.8) is 0 Å². The zero-order valence-corrected chi connectivity index (χ0v) is 15.1. The molecule has 136 valence electrons. The topological polar surface area (TPSA) is 60.0 Å². The number of hydrogen-bond acceptors (Lipinski definition) is 5. The van der Waals surface area contributed by atoms with Crippen LogP contribution in [0.3, 0.4) is 0 Å². The van der Waals surface area contributed by atoms with Gasteiger partial charge in [0.15, 0.2) is 0 Å². The van der Waals surface area contributed by atoms with Gasteiger partial charge in [-0.25, -0.2) is 4.98 Å². The monoisotopic (exact) mass is 351 g/mol. The summed E-state index contributed by atoms with van der Waals surface area (Å²) >= 11 is 0. The number of rotatable bonds is 5. The summed E-state index contributed by atoms with van der Waals surface area (Å²) < 4.78 is 7.71. The van der Waals surface area contributed by atoms with E-state index in [1.54, 1.807) is 0 Å². The van der Waals surface area contributed by atoms with Gasteiger partial charge in [0.2, 0.25) is 11.7 Å². The highest BCUT2D eigenvalue weighted by Gasteiger charge is 2.25. The molecule has 0 radical (unpaired) electrons. The second-order valence-corrected chi connectivity index (χ2v) is 7.63. The highest BCUT2D eigenvalue weighted by Crippen LogP contribution is 2.36. The van der Waals surface area contributed by atoms with Gasteiger partial charge < -0.3 is 14.0 Å². The third-order valence-corrected chi connectivity index (χ3v) is 5.88. The predicted molar refractivity (Wildman–Crippen MR) is 99.9 cm³/mol. The molecule has 1 aromatic carbocycles. The first-order chi connectivity index (χ1) is 12.9. The molecular weight excluding hydrogens is 326 g/mol. The molecule has 3 heterocycles. The summed E-state index contributed by atoms with van der Waals surface area (Å²) in [6.45, 7) is 4.56. The van der Waals surface area contributed by atoms with Crippen molar-refractivity contribution in [2.24, 2.45) is 0 Å². The Kier molecular flexibility index (Phi) is 4.21. The fourth-order valence-corrected chi connectivity index (χ4v) is 3.99. The number of hydrogen-bond donors (Lipinski definition) is 0. The highest BCUT2D eigenvalue weighted by molar-refractivity contribution is 5.80. The van der Waals surface area contributed by atoms with E-state index < -0.39 is 0 Å². The van der Waals surface area contributed by atoms with Crippen molar-refractivity contribution >= 4 is 11.0 Å². The van der Waals surface area contributed by atoms with Crippen LogP contribution in [0.15, 0.2) is 29.0 Å². The number of aromatic nitrogens is 4. The average Bonchev–Trinajstić information content (AvgIpc) is 3.26. The Bertz CT molecular complexity index is 889. The fraction of sp³-hybridized carbons (Fsp3) is 0.550. The number of piperidine rings is 1. The molecule has 3 aromatic rings. The molecule has 1 aliphatic carbocycles. The molecule has 1 saturated heterocycles. The third-order valence-electron chi connectivity index (χ3n) is 5.88. The molecule has 0 N–H and O–H groups in total. The lowest BCUT2D eigenvalue weighted by Crippen LogP contribution is -2.32. The van der Waals surface area contributed by atoms with E-state index >= 15 is 0 Å². The maximum Gasteiger partial charge on any atom is 0.230 e. The summed E-state index contributed by atoms with van der Waals surface area (Å²) in [4.78, 5) is 11.8. The van der Waals surface area contributed by atoms with Crippen LogP contribution >= 0.6 is 0 Å². The largest absolute Gasteiger partial charge is 0.339 e. The quantitative estimate of drug-likeness (QED) is 0.699. The maximum atomic E-state index is 5.45. The van der Waals surface area contributed by atoms with Gasteiger partial charge in [0.25, 0.3) is 0 Å². The van der Waals surface area contributed by atoms with E-state index in [2.05, 4.69) is 42.8 Å². The van der Waals surface area contributed by atoms with Crippen LogP contribution < -0.4 is 0 Å². The van der Waals surface area contributed by atoms with Crippen molar-refractivity contribution in [3.8, 4) is 11.4 Å². The number of likely N-dealkylation sites (tertiary alicyclic amines) is 1. The number of nitrogens with zero attached hydrogens (tertiary/aromatic N) is 5. The van der Waals surface area contributed by atoms with Crippen LogP contribution in [0, 0.1) is 0 Å². The first kappa shape index (κ1) is 16.0. The molecule has 0 unspecified atom stereocenters. The van der Waals surface area contributed by atoms with Gasteiger partial charge in [0.1, 0.15) is 0 Å². The van der Waals surface area contributed by atoms with Gasteiger partial charge in [-0.3, -0.25) is 0 Å². The van der Waals surface area contributed by atoms with Crippen LogP contribution in [0.4, 0.5) is 0 Å². The van der Waals surface area contributed by atoms with Crippen LogP contribution in [0.5, 0.6) is 0 Å². The second-order valence-electron chi connectivity index (χ2n) is 7.63. The minimum absolute atomic E-state index is 0.467. The molecule has 0 spiro atoms. The summed E-state index contributed by atoms with van der Waals surface area (Å²) in [6.07, 6.45) is 9.61. The summed E-state index contributed by atoms with van der Waals surface area (Å²) in [5.41, 5.74) is 3.15. The average molecular weight is 351 g/mol. The standard InChI is InChI=1S/C20H25N5O/c1-2-9-24(10-3-1)11-12-25-14-21-17-13-16(7-8-18(17)25)19-22-20(26-23-19)15-5-4-6-15/h7-8,13-15H,1-6,9-12H2. The third kappa shape index (κ3) is 3.03. The Labute approximate surface area is 153 Å². The minimum atomic E-state index is 0.467. The van der Waals surface area contributed by atoms with Crippen LogP contribution in [0.2, 0.25) is 0 Å². The molecule has 0 bridgehead atoms. The molecule has 6 heteroatoms. The molecule has 1 saturated carbocycles. The lowest BCUT2D eigenvalue weighted by atomic mass is 9.85. The SMILES string of the molecule is c1cc2c(cc1-c1noc(C3CCC3)n1)ncn2CCN1CCCCC1. The van der Waals surface area contributed by atoms with Crippen LogP contribution in [-0.2, 0) is 6.54 Å². The zero-order valence-electron chi connectivity index (χ0n) is 15.1. The number of benzene rings is 1. The number of fused-ring (bicyclic) bond motifs is 1. The van der Waals surface area contributed by atoms with Crippen molar-refractivity contribution in [1.82, 2.24) is 24.6 Å². The first-order valence-electron chi connectivity index (χ1n) is 9.88. The molecule has 2 aliphatic rings. The first-order valence-corrected chi connectivity index (χ1v) is 9.88. The Balaban J connectivity index is 1.33. The Morgan fingerprint density at radius 3 is 2.73 bits per heavy atom. The molecular formula is C20H25N5O. The van der Waals surface area contributed by atoms with E-state index in [9.17, 15) is 0 Å². The van der Waals surface area contributed by atoms with Gasteiger partial charge in [-0.1, -0.05) is 18.0 Å².